The van der Waals surface area contributed by atoms with Gasteiger partial charge in [0.1, 0.15) is 23.7 Å². The van der Waals surface area contributed by atoms with Crippen molar-refractivity contribution in [3.63, 3.8) is 0 Å². The maximum Gasteiger partial charge on any atom is 0.313 e. The molecular formula is C38H53N3O7. The number of likely N-dealkylation sites (tertiary alicyclic amines) is 1. The van der Waals surface area contributed by atoms with Crippen LogP contribution in [0.1, 0.15) is 85.3 Å². The fourth-order valence-electron chi connectivity index (χ4n) is 8.43. The molecule has 4 heterocycles. The highest BCUT2D eigenvalue weighted by Gasteiger charge is 2.73. The summed E-state index contributed by atoms with van der Waals surface area (Å²) in [7, 11) is 1.72. The van der Waals surface area contributed by atoms with Crippen molar-refractivity contribution in [3.8, 4) is 0 Å². The minimum absolute atomic E-state index is 0.0335. The first-order chi connectivity index (χ1) is 22.6. The van der Waals surface area contributed by atoms with E-state index in [1.807, 2.05) is 74.2 Å². The summed E-state index contributed by atoms with van der Waals surface area (Å²) in [5.41, 5.74) is -1.31. The van der Waals surface area contributed by atoms with Gasteiger partial charge in [-0.05, 0) is 57.4 Å². The van der Waals surface area contributed by atoms with Crippen LogP contribution in [-0.4, -0.2) is 99.6 Å². The summed E-state index contributed by atoms with van der Waals surface area (Å²) in [5, 5.41) is 9.56. The molecule has 10 heteroatoms. The van der Waals surface area contributed by atoms with E-state index >= 15 is 4.79 Å². The predicted molar refractivity (Wildman–Crippen MR) is 181 cm³/mol. The van der Waals surface area contributed by atoms with E-state index in [0.717, 1.165) is 5.56 Å². The highest BCUT2D eigenvalue weighted by atomic mass is 16.6. The zero-order valence-electron chi connectivity index (χ0n) is 29.6. The molecule has 4 aliphatic heterocycles. The molecule has 0 aromatic heterocycles. The zero-order chi connectivity index (χ0) is 35.0. The Morgan fingerprint density at radius 2 is 1.69 bits per heavy atom. The van der Waals surface area contributed by atoms with Crippen LogP contribution in [0, 0.1) is 17.3 Å². The van der Waals surface area contributed by atoms with Gasteiger partial charge in [0.2, 0.25) is 17.7 Å². The number of fused-ring (bicyclic) bond motifs is 2. The summed E-state index contributed by atoms with van der Waals surface area (Å²) in [6.45, 7) is 12.8. The first kappa shape index (κ1) is 35.8. The largest absolute Gasteiger partial charge is 0.455 e. The Morgan fingerprint density at radius 3 is 2.35 bits per heavy atom. The minimum atomic E-state index is -1.34. The number of aliphatic hydroxyl groups excluding tert-OH is 1. The molecule has 0 unspecified atom stereocenters. The summed E-state index contributed by atoms with van der Waals surface area (Å²) in [6.07, 6.45) is 8.35. The van der Waals surface area contributed by atoms with Crippen molar-refractivity contribution in [2.75, 3.05) is 26.7 Å². The SMILES string of the molecule is C[C@H]1[C@H](c2ccccc2)OC(=O)[C@@H]2[C@H]3C(=O)N(CCCCO)[C@H](C(=O)N(C(C)(C)CC(C)(C)C)C/C=C\CCC(=O)N1C)[C@]31C=C[C@H]2O1. The summed E-state index contributed by atoms with van der Waals surface area (Å²) in [5.74, 6) is -3.16. The monoisotopic (exact) mass is 663 g/mol. The van der Waals surface area contributed by atoms with E-state index in [-0.39, 0.29) is 49.3 Å². The molecule has 2 saturated heterocycles. The average molecular weight is 664 g/mol. The van der Waals surface area contributed by atoms with E-state index in [1.165, 1.54) is 0 Å². The van der Waals surface area contributed by atoms with E-state index in [9.17, 15) is 19.5 Å². The Labute approximate surface area is 285 Å². The number of hydrogen-bond donors (Lipinski definition) is 1. The first-order valence-electron chi connectivity index (χ1n) is 17.4. The second-order valence-corrected chi connectivity index (χ2v) is 15.7. The van der Waals surface area contributed by atoms with Gasteiger partial charge < -0.3 is 29.3 Å². The van der Waals surface area contributed by atoms with Crippen LogP contribution in [0.25, 0.3) is 0 Å². The number of ether oxygens (including phenoxy) is 2. The van der Waals surface area contributed by atoms with Crippen LogP contribution >= 0.6 is 0 Å². The van der Waals surface area contributed by atoms with Gasteiger partial charge in [0.05, 0.1) is 18.1 Å². The minimum Gasteiger partial charge on any atom is -0.455 e. The fraction of sp³-hybridized carbons (Fsp3) is 0.632. The van der Waals surface area contributed by atoms with E-state index in [2.05, 4.69) is 20.8 Å². The Balaban J connectivity index is 1.62. The highest BCUT2D eigenvalue weighted by molar-refractivity contribution is 5.99. The van der Waals surface area contributed by atoms with Gasteiger partial charge in [0, 0.05) is 38.7 Å². The molecular weight excluding hydrogens is 610 g/mol. The lowest BCUT2D eigenvalue weighted by Crippen LogP contribution is -2.60. The number of amides is 3. The molecule has 1 N–H and O–H groups in total. The standard InChI is InChI=1S/C38H53N3O7/c1-25-31(26-16-10-8-11-17-26)47-35(46)29-27-19-20-38(48-27)30(29)33(44)40(21-14-15-23-42)32(38)34(45)41(37(5,6)24-36(2,3)4)22-13-9-12-18-28(43)39(25)7/h8-11,13,16-17,19-20,25,27,29-32,42H,12,14-15,18,21-24H2,1-7H3/b13-9-/t25-,27+,29-,30-,31+,32+,38-/m0/s1. The van der Waals surface area contributed by atoms with Crippen LogP contribution < -0.4 is 0 Å². The van der Waals surface area contributed by atoms with Crippen LogP contribution in [0.3, 0.4) is 0 Å². The van der Waals surface area contributed by atoms with Crippen LogP contribution in [0.15, 0.2) is 54.6 Å². The number of nitrogens with zero attached hydrogens (tertiary/aromatic N) is 3. The van der Waals surface area contributed by atoms with Crippen molar-refractivity contribution < 1.29 is 33.8 Å². The molecule has 0 aliphatic carbocycles. The highest BCUT2D eigenvalue weighted by Crippen LogP contribution is 2.56. The molecule has 5 bridgehead atoms. The molecule has 10 nitrogen and oxygen atoms in total. The number of allylic oxidation sites excluding steroid dienone is 1. The molecule has 7 atom stereocenters. The lowest BCUT2D eigenvalue weighted by Gasteiger charge is -2.45. The van der Waals surface area contributed by atoms with E-state index in [0.29, 0.717) is 25.7 Å². The molecule has 2 fully saturated rings. The second-order valence-electron chi connectivity index (χ2n) is 15.7. The number of rotatable bonds is 7. The summed E-state index contributed by atoms with van der Waals surface area (Å²) in [6, 6.07) is 7.83. The molecule has 1 spiro atoms. The fourth-order valence-corrected chi connectivity index (χ4v) is 8.43. The topological polar surface area (TPSA) is 117 Å². The third-order valence-corrected chi connectivity index (χ3v) is 10.4. The Morgan fingerprint density at radius 1 is 0.979 bits per heavy atom. The maximum atomic E-state index is 15.1. The number of carbonyl (C=O) groups excluding carboxylic acids is 4. The van der Waals surface area contributed by atoms with Gasteiger partial charge in [-0.1, -0.05) is 75.4 Å². The van der Waals surface area contributed by atoms with Crippen molar-refractivity contribution in [1.29, 1.82) is 0 Å². The van der Waals surface area contributed by atoms with Gasteiger partial charge in [-0.2, -0.15) is 0 Å². The summed E-state index contributed by atoms with van der Waals surface area (Å²) < 4.78 is 12.9. The second kappa shape index (κ2) is 13.8. The van der Waals surface area contributed by atoms with Gasteiger partial charge in [0.15, 0.2) is 0 Å². The first-order valence-corrected chi connectivity index (χ1v) is 17.4. The number of hydrogen-bond acceptors (Lipinski definition) is 7. The van der Waals surface area contributed by atoms with Crippen LogP contribution in [0.4, 0.5) is 0 Å². The van der Waals surface area contributed by atoms with E-state index in [4.69, 9.17) is 9.47 Å². The van der Waals surface area contributed by atoms with Gasteiger partial charge in [0.25, 0.3) is 0 Å². The number of esters is 1. The molecule has 1 aromatic carbocycles. The quantitative estimate of drug-likeness (QED) is 0.261. The molecule has 0 radical (unpaired) electrons. The molecule has 48 heavy (non-hydrogen) atoms. The van der Waals surface area contributed by atoms with E-state index < -0.39 is 53.2 Å². The van der Waals surface area contributed by atoms with Crippen molar-refractivity contribution in [1.82, 2.24) is 14.7 Å². The number of aliphatic hydroxyl groups is 1. The zero-order valence-corrected chi connectivity index (χ0v) is 29.6. The normalized spacial score (nSPS) is 32.2. The molecule has 0 saturated carbocycles. The van der Waals surface area contributed by atoms with Crippen LogP contribution in [0.2, 0.25) is 0 Å². The van der Waals surface area contributed by atoms with Gasteiger partial charge in [-0.3, -0.25) is 19.2 Å². The van der Waals surface area contributed by atoms with Crippen molar-refractivity contribution in [2.45, 2.75) is 109 Å². The third kappa shape index (κ3) is 6.70. The molecule has 1 aromatic rings. The van der Waals surface area contributed by atoms with Gasteiger partial charge in [-0.15, -0.1) is 0 Å². The number of cyclic esters (lactones) is 1. The van der Waals surface area contributed by atoms with Crippen LogP contribution in [-0.2, 0) is 28.7 Å². The van der Waals surface area contributed by atoms with Gasteiger partial charge >= 0.3 is 5.97 Å². The van der Waals surface area contributed by atoms with Gasteiger partial charge in [-0.25, -0.2) is 0 Å². The molecule has 5 rings (SSSR count). The van der Waals surface area contributed by atoms with Crippen molar-refractivity contribution in [2.24, 2.45) is 17.3 Å². The van der Waals surface area contributed by atoms with Crippen molar-refractivity contribution in [3.05, 3.63) is 60.2 Å². The lowest BCUT2D eigenvalue weighted by atomic mass is 9.74. The third-order valence-electron chi connectivity index (χ3n) is 10.4. The summed E-state index contributed by atoms with van der Waals surface area (Å²) >= 11 is 0. The van der Waals surface area contributed by atoms with Crippen molar-refractivity contribution >= 4 is 23.7 Å². The Bertz CT molecular complexity index is 1430. The number of carbonyl (C=O) groups is 4. The number of likely N-dealkylation sites (N-methyl/N-ethyl adjacent to an activating group) is 1. The number of unbranched alkanes of at least 4 members (excludes halogenated alkanes) is 1. The van der Waals surface area contributed by atoms with E-state index in [1.54, 1.807) is 22.9 Å². The molecule has 262 valence electrons. The Hall–Kier alpha value is -3.50. The predicted octanol–water partition coefficient (Wildman–Crippen LogP) is 4.43. The average Bonchev–Trinajstić information content (AvgIpc) is 3.66. The maximum absolute atomic E-state index is 15.1. The molecule has 3 amide bonds. The smallest absolute Gasteiger partial charge is 0.313 e. The number of benzene rings is 1. The molecule has 4 aliphatic rings. The van der Waals surface area contributed by atoms with Crippen LogP contribution in [0.5, 0.6) is 0 Å². The lowest BCUT2D eigenvalue weighted by molar-refractivity contribution is -0.164. The summed E-state index contributed by atoms with van der Waals surface area (Å²) in [4.78, 5) is 62.3. The Kier molecular flexibility index (Phi) is 10.3.